The minimum Gasteiger partial charge on any atom is -0.372 e. The van der Waals surface area contributed by atoms with E-state index < -0.39 is 0 Å². The SMILES string of the molecule is CCN(CC)C(=O)c1ccc(N(CC)CC)cc1. The molecular formula is C15H24N2O. The van der Waals surface area contributed by atoms with Gasteiger partial charge in [-0.05, 0) is 52.0 Å². The van der Waals surface area contributed by atoms with Gasteiger partial charge < -0.3 is 9.80 Å². The van der Waals surface area contributed by atoms with E-state index in [1.54, 1.807) is 0 Å². The van der Waals surface area contributed by atoms with Crippen LogP contribution in [0, 0.1) is 0 Å². The van der Waals surface area contributed by atoms with Crippen LogP contribution in [-0.2, 0) is 0 Å². The highest BCUT2D eigenvalue weighted by atomic mass is 16.2. The highest BCUT2D eigenvalue weighted by molar-refractivity contribution is 5.94. The lowest BCUT2D eigenvalue weighted by Gasteiger charge is -2.22. The summed E-state index contributed by atoms with van der Waals surface area (Å²) in [6, 6.07) is 7.91. The van der Waals surface area contributed by atoms with Gasteiger partial charge in [0.25, 0.3) is 5.91 Å². The molecule has 1 aromatic carbocycles. The molecule has 0 radical (unpaired) electrons. The first-order chi connectivity index (χ1) is 8.67. The molecule has 1 rings (SSSR count). The third-order valence-corrected chi connectivity index (χ3v) is 3.29. The number of benzene rings is 1. The van der Waals surface area contributed by atoms with Crippen LogP contribution in [0.25, 0.3) is 0 Å². The second kappa shape index (κ2) is 7.04. The van der Waals surface area contributed by atoms with Crippen molar-refractivity contribution in [3.05, 3.63) is 29.8 Å². The highest BCUT2D eigenvalue weighted by Gasteiger charge is 2.12. The van der Waals surface area contributed by atoms with E-state index in [0.717, 1.165) is 31.7 Å². The summed E-state index contributed by atoms with van der Waals surface area (Å²) in [4.78, 5) is 16.2. The number of nitrogens with zero attached hydrogens (tertiary/aromatic N) is 2. The van der Waals surface area contributed by atoms with E-state index in [0.29, 0.717) is 0 Å². The quantitative estimate of drug-likeness (QED) is 0.772. The van der Waals surface area contributed by atoms with Crippen LogP contribution in [0.1, 0.15) is 38.1 Å². The molecule has 0 aromatic heterocycles. The maximum Gasteiger partial charge on any atom is 0.253 e. The van der Waals surface area contributed by atoms with Crippen LogP contribution in [0.5, 0.6) is 0 Å². The molecular weight excluding hydrogens is 224 g/mol. The molecule has 0 spiro atoms. The Morgan fingerprint density at radius 2 is 1.39 bits per heavy atom. The minimum absolute atomic E-state index is 0.117. The Morgan fingerprint density at radius 1 is 0.889 bits per heavy atom. The van der Waals surface area contributed by atoms with E-state index >= 15 is 0 Å². The van der Waals surface area contributed by atoms with Gasteiger partial charge in [0.1, 0.15) is 0 Å². The largest absolute Gasteiger partial charge is 0.372 e. The topological polar surface area (TPSA) is 23.6 Å². The zero-order chi connectivity index (χ0) is 13.5. The van der Waals surface area contributed by atoms with Crippen molar-refractivity contribution < 1.29 is 4.79 Å². The third-order valence-electron chi connectivity index (χ3n) is 3.29. The molecule has 0 saturated carbocycles. The average molecular weight is 248 g/mol. The number of amides is 1. The summed E-state index contributed by atoms with van der Waals surface area (Å²) < 4.78 is 0. The molecule has 0 fully saturated rings. The van der Waals surface area contributed by atoms with Crippen molar-refractivity contribution >= 4 is 11.6 Å². The fraction of sp³-hybridized carbons (Fsp3) is 0.533. The number of carbonyl (C=O) groups is 1. The van der Waals surface area contributed by atoms with Gasteiger partial charge in [-0.25, -0.2) is 0 Å². The molecule has 0 aliphatic heterocycles. The van der Waals surface area contributed by atoms with Gasteiger partial charge in [-0.1, -0.05) is 0 Å². The summed E-state index contributed by atoms with van der Waals surface area (Å²) in [6.07, 6.45) is 0. The molecule has 3 heteroatoms. The zero-order valence-corrected chi connectivity index (χ0v) is 11.9. The number of hydrogen-bond donors (Lipinski definition) is 0. The molecule has 0 unspecified atom stereocenters. The Morgan fingerprint density at radius 3 is 1.78 bits per heavy atom. The summed E-state index contributed by atoms with van der Waals surface area (Å²) in [6.45, 7) is 11.8. The number of carbonyl (C=O) groups excluding carboxylic acids is 1. The van der Waals surface area contributed by atoms with Crippen LogP contribution in [0.15, 0.2) is 24.3 Å². The number of anilines is 1. The molecule has 0 heterocycles. The van der Waals surface area contributed by atoms with Crippen molar-refractivity contribution in [1.29, 1.82) is 0 Å². The lowest BCUT2D eigenvalue weighted by atomic mass is 10.1. The molecule has 0 atom stereocenters. The number of hydrogen-bond acceptors (Lipinski definition) is 2. The third kappa shape index (κ3) is 3.25. The van der Waals surface area contributed by atoms with E-state index in [4.69, 9.17) is 0 Å². The zero-order valence-electron chi connectivity index (χ0n) is 11.9. The average Bonchev–Trinajstić information content (AvgIpc) is 2.42. The summed E-state index contributed by atoms with van der Waals surface area (Å²) >= 11 is 0. The van der Waals surface area contributed by atoms with Crippen molar-refractivity contribution in [2.45, 2.75) is 27.7 Å². The summed E-state index contributed by atoms with van der Waals surface area (Å²) in [7, 11) is 0. The molecule has 0 aliphatic rings. The Labute approximate surface area is 110 Å². The van der Waals surface area contributed by atoms with E-state index in [1.165, 1.54) is 5.69 Å². The first-order valence-corrected chi connectivity index (χ1v) is 6.82. The summed E-state index contributed by atoms with van der Waals surface area (Å²) in [5.74, 6) is 0.117. The van der Waals surface area contributed by atoms with E-state index in [1.807, 2.05) is 43.0 Å². The molecule has 18 heavy (non-hydrogen) atoms. The molecule has 100 valence electrons. The molecule has 1 aromatic rings. The smallest absolute Gasteiger partial charge is 0.253 e. The molecule has 0 bridgehead atoms. The van der Waals surface area contributed by atoms with Gasteiger partial charge in [0.15, 0.2) is 0 Å². The van der Waals surface area contributed by atoms with E-state index in [9.17, 15) is 4.79 Å². The number of rotatable bonds is 6. The van der Waals surface area contributed by atoms with Crippen molar-refractivity contribution in [1.82, 2.24) is 4.90 Å². The Balaban J connectivity index is 2.85. The molecule has 3 nitrogen and oxygen atoms in total. The lowest BCUT2D eigenvalue weighted by Crippen LogP contribution is -2.30. The van der Waals surface area contributed by atoms with Crippen molar-refractivity contribution in [2.75, 3.05) is 31.1 Å². The van der Waals surface area contributed by atoms with Crippen LogP contribution in [0.3, 0.4) is 0 Å². The van der Waals surface area contributed by atoms with Crippen LogP contribution < -0.4 is 4.90 Å². The molecule has 0 N–H and O–H groups in total. The van der Waals surface area contributed by atoms with E-state index in [-0.39, 0.29) is 5.91 Å². The fourth-order valence-electron chi connectivity index (χ4n) is 2.10. The second-order valence-electron chi connectivity index (χ2n) is 4.20. The lowest BCUT2D eigenvalue weighted by molar-refractivity contribution is 0.0773. The van der Waals surface area contributed by atoms with Crippen LogP contribution in [0.4, 0.5) is 5.69 Å². The maximum absolute atomic E-state index is 12.1. The van der Waals surface area contributed by atoms with Gasteiger partial charge >= 0.3 is 0 Å². The highest BCUT2D eigenvalue weighted by Crippen LogP contribution is 2.16. The first-order valence-electron chi connectivity index (χ1n) is 6.82. The van der Waals surface area contributed by atoms with Gasteiger partial charge in [-0.3, -0.25) is 4.79 Å². The van der Waals surface area contributed by atoms with Gasteiger partial charge in [0.2, 0.25) is 0 Å². The van der Waals surface area contributed by atoms with Crippen molar-refractivity contribution in [2.24, 2.45) is 0 Å². The molecule has 0 aliphatic carbocycles. The van der Waals surface area contributed by atoms with Gasteiger partial charge in [-0.15, -0.1) is 0 Å². The van der Waals surface area contributed by atoms with Gasteiger partial charge in [0, 0.05) is 37.4 Å². The first kappa shape index (κ1) is 14.6. The molecule has 1 amide bonds. The van der Waals surface area contributed by atoms with Gasteiger partial charge in [0.05, 0.1) is 0 Å². The van der Waals surface area contributed by atoms with Crippen molar-refractivity contribution in [3.63, 3.8) is 0 Å². The normalized spacial score (nSPS) is 10.2. The fourth-order valence-corrected chi connectivity index (χ4v) is 2.10. The Hall–Kier alpha value is -1.51. The van der Waals surface area contributed by atoms with Gasteiger partial charge in [-0.2, -0.15) is 0 Å². The predicted molar refractivity (Wildman–Crippen MR) is 77.3 cm³/mol. The summed E-state index contributed by atoms with van der Waals surface area (Å²) in [5, 5.41) is 0. The van der Waals surface area contributed by atoms with Crippen LogP contribution in [0.2, 0.25) is 0 Å². The minimum atomic E-state index is 0.117. The predicted octanol–water partition coefficient (Wildman–Crippen LogP) is 3.01. The summed E-state index contributed by atoms with van der Waals surface area (Å²) in [5.41, 5.74) is 1.95. The monoisotopic (exact) mass is 248 g/mol. The van der Waals surface area contributed by atoms with Crippen molar-refractivity contribution in [3.8, 4) is 0 Å². The van der Waals surface area contributed by atoms with Crippen LogP contribution >= 0.6 is 0 Å². The molecule has 0 saturated heterocycles. The standard InChI is InChI=1S/C15H24N2O/c1-5-16(6-2)14-11-9-13(10-12-14)15(18)17(7-3)8-4/h9-12H,5-8H2,1-4H3. The maximum atomic E-state index is 12.1. The van der Waals surface area contributed by atoms with E-state index in [2.05, 4.69) is 18.7 Å². The Bertz CT molecular complexity index is 365. The van der Waals surface area contributed by atoms with Crippen LogP contribution in [-0.4, -0.2) is 37.0 Å². The Kier molecular flexibility index (Phi) is 5.69. The second-order valence-corrected chi connectivity index (χ2v) is 4.20.